The van der Waals surface area contributed by atoms with E-state index < -0.39 is 12.7 Å². The Hall–Kier alpha value is -0.370. The Morgan fingerprint density at radius 1 is 1.30 bits per heavy atom. The second kappa shape index (κ2) is 8.17. The van der Waals surface area contributed by atoms with E-state index in [9.17, 15) is 13.2 Å². The molecular formula is C13H26F3N3O. The monoisotopic (exact) mass is 297 g/mol. The number of methoxy groups -OCH3 is 1. The molecule has 0 amide bonds. The summed E-state index contributed by atoms with van der Waals surface area (Å²) >= 11 is 0. The smallest absolute Gasteiger partial charge is 0.353 e. The van der Waals surface area contributed by atoms with Gasteiger partial charge in [-0.15, -0.1) is 0 Å². The molecule has 4 nitrogen and oxygen atoms in total. The Morgan fingerprint density at radius 2 is 1.90 bits per heavy atom. The van der Waals surface area contributed by atoms with Crippen LogP contribution in [0, 0.1) is 5.92 Å². The van der Waals surface area contributed by atoms with Crippen molar-refractivity contribution in [3.8, 4) is 0 Å². The predicted molar refractivity (Wildman–Crippen MR) is 72.3 cm³/mol. The first-order valence-electron chi connectivity index (χ1n) is 7.03. The Bertz CT molecular complexity index is 266. The third-order valence-electron chi connectivity index (χ3n) is 3.67. The minimum atomic E-state index is -4.08. The van der Waals surface area contributed by atoms with E-state index in [1.54, 1.807) is 7.11 Å². The molecule has 0 aromatic heterocycles. The number of hydrogen-bond donors (Lipinski definition) is 1. The number of alkyl halides is 3. The third-order valence-corrected chi connectivity index (χ3v) is 3.67. The molecule has 0 aromatic rings. The minimum Gasteiger partial charge on any atom is -0.353 e. The van der Waals surface area contributed by atoms with Crippen LogP contribution in [0.15, 0.2) is 0 Å². The minimum absolute atomic E-state index is 0.111. The van der Waals surface area contributed by atoms with Crippen LogP contribution in [0.25, 0.3) is 0 Å². The topological polar surface area (TPSA) is 27.7 Å². The van der Waals surface area contributed by atoms with Crippen LogP contribution in [-0.4, -0.2) is 69.7 Å². The van der Waals surface area contributed by atoms with Gasteiger partial charge in [-0.2, -0.15) is 13.2 Å². The standard InChI is InChI=1S/C13H26F3N3O/c1-18(2)12(20-3)17-7-4-11-5-8-19(9-6-11)10-13(14,15)16/h11-12,17H,4-10H2,1-3H3. The summed E-state index contributed by atoms with van der Waals surface area (Å²) < 4.78 is 42.1. The highest BCUT2D eigenvalue weighted by Crippen LogP contribution is 2.23. The number of likely N-dealkylation sites (tertiary alicyclic amines) is 1. The van der Waals surface area contributed by atoms with Gasteiger partial charge in [-0.05, 0) is 58.9 Å². The van der Waals surface area contributed by atoms with Crippen LogP contribution in [0.2, 0.25) is 0 Å². The zero-order valence-electron chi connectivity index (χ0n) is 12.5. The van der Waals surface area contributed by atoms with Crippen LogP contribution < -0.4 is 5.32 Å². The van der Waals surface area contributed by atoms with Crippen molar-refractivity contribution in [3.63, 3.8) is 0 Å². The van der Waals surface area contributed by atoms with Gasteiger partial charge in [-0.25, -0.2) is 0 Å². The van der Waals surface area contributed by atoms with Crippen LogP contribution in [0.1, 0.15) is 19.3 Å². The highest BCUT2D eigenvalue weighted by molar-refractivity contribution is 4.74. The number of piperidine rings is 1. The normalized spacial score (nSPS) is 20.6. The molecule has 1 heterocycles. The molecule has 20 heavy (non-hydrogen) atoms. The van der Waals surface area contributed by atoms with E-state index in [1.807, 2.05) is 19.0 Å². The molecule has 1 unspecified atom stereocenters. The lowest BCUT2D eigenvalue weighted by Crippen LogP contribution is -2.44. The van der Waals surface area contributed by atoms with Crippen molar-refractivity contribution in [2.45, 2.75) is 31.8 Å². The summed E-state index contributed by atoms with van der Waals surface area (Å²) in [7, 11) is 5.50. The second-order valence-corrected chi connectivity index (χ2v) is 5.63. The summed E-state index contributed by atoms with van der Waals surface area (Å²) in [6, 6.07) is 0. The maximum absolute atomic E-state index is 12.3. The number of hydrogen-bond acceptors (Lipinski definition) is 4. The average molecular weight is 297 g/mol. The van der Waals surface area contributed by atoms with Crippen LogP contribution in [0.4, 0.5) is 13.2 Å². The first-order valence-corrected chi connectivity index (χ1v) is 7.03. The zero-order valence-corrected chi connectivity index (χ0v) is 12.5. The van der Waals surface area contributed by atoms with Crippen molar-refractivity contribution in [3.05, 3.63) is 0 Å². The lowest BCUT2D eigenvalue weighted by atomic mass is 9.93. The van der Waals surface area contributed by atoms with E-state index >= 15 is 0 Å². The maximum atomic E-state index is 12.3. The van der Waals surface area contributed by atoms with Gasteiger partial charge >= 0.3 is 6.18 Å². The van der Waals surface area contributed by atoms with Crippen LogP contribution in [-0.2, 0) is 4.74 Å². The average Bonchev–Trinajstić information content (AvgIpc) is 2.34. The largest absolute Gasteiger partial charge is 0.401 e. The van der Waals surface area contributed by atoms with Crippen molar-refractivity contribution in [1.29, 1.82) is 0 Å². The summed E-state index contributed by atoms with van der Waals surface area (Å²) in [4.78, 5) is 3.44. The van der Waals surface area contributed by atoms with E-state index in [0.717, 1.165) is 25.8 Å². The Labute approximate surface area is 119 Å². The number of nitrogens with one attached hydrogen (secondary N) is 1. The van der Waals surface area contributed by atoms with E-state index in [0.29, 0.717) is 19.0 Å². The van der Waals surface area contributed by atoms with Crippen molar-refractivity contribution in [2.24, 2.45) is 5.92 Å². The summed E-state index contributed by atoms with van der Waals surface area (Å²) in [5, 5.41) is 3.28. The first kappa shape index (κ1) is 17.7. The second-order valence-electron chi connectivity index (χ2n) is 5.63. The zero-order chi connectivity index (χ0) is 15.2. The molecule has 0 bridgehead atoms. The highest BCUT2D eigenvalue weighted by Gasteiger charge is 2.32. The summed E-state index contributed by atoms with van der Waals surface area (Å²) in [5.41, 5.74) is 0. The fraction of sp³-hybridized carbons (Fsp3) is 1.00. The summed E-state index contributed by atoms with van der Waals surface area (Å²) in [6.45, 7) is 1.14. The molecule has 0 saturated carbocycles. The van der Waals surface area contributed by atoms with Gasteiger partial charge in [-0.1, -0.05) is 0 Å². The number of rotatable bonds is 7. The molecule has 1 atom stereocenters. The number of ether oxygens (including phenoxy) is 1. The lowest BCUT2D eigenvalue weighted by Gasteiger charge is -2.33. The van der Waals surface area contributed by atoms with Gasteiger partial charge in [0.05, 0.1) is 6.54 Å². The Balaban J connectivity index is 2.16. The van der Waals surface area contributed by atoms with E-state index in [4.69, 9.17) is 4.74 Å². The Kier molecular flexibility index (Phi) is 7.22. The third kappa shape index (κ3) is 6.88. The molecule has 1 rings (SSSR count). The molecule has 1 fully saturated rings. The molecule has 120 valence electrons. The molecule has 0 spiro atoms. The van der Waals surface area contributed by atoms with E-state index in [1.165, 1.54) is 4.90 Å². The fourth-order valence-corrected chi connectivity index (χ4v) is 2.57. The molecule has 1 saturated heterocycles. The van der Waals surface area contributed by atoms with Crippen LogP contribution in [0.5, 0.6) is 0 Å². The van der Waals surface area contributed by atoms with E-state index in [-0.39, 0.29) is 6.35 Å². The van der Waals surface area contributed by atoms with Gasteiger partial charge in [0.2, 0.25) is 0 Å². The summed E-state index contributed by atoms with van der Waals surface area (Å²) in [6.07, 6.45) is -1.52. The van der Waals surface area contributed by atoms with Gasteiger partial charge in [-0.3, -0.25) is 15.1 Å². The molecule has 1 aliphatic rings. The SMILES string of the molecule is COC(NCCC1CCN(CC(F)(F)F)CC1)N(C)C. The molecule has 1 N–H and O–H groups in total. The summed E-state index contributed by atoms with van der Waals surface area (Å²) in [5.74, 6) is 0.506. The molecule has 0 aromatic carbocycles. The molecular weight excluding hydrogens is 271 g/mol. The van der Waals surface area contributed by atoms with Crippen LogP contribution in [0.3, 0.4) is 0 Å². The van der Waals surface area contributed by atoms with Crippen LogP contribution >= 0.6 is 0 Å². The number of nitrogens with zero attached hydrogens (tertiary/aromatic N) is 2. The van der Waals surface area contributed by atoms with Gasteiger partial charge in [0.15, 0.2) is 6.35 Å². The molecule has 0 radical (unpaired) electrons. The van der Waals surface area contributed by atoms with Crippen molar-refractivity contribution >= 4 is 0 Å². The fourth-order valence-electron chi connectivity index (χ4n) is 2.57. The van der Waals surface area contributed by atoms with Crippen molar-refractivity contribution in [2.75, 3.05) is 47.4 Å². The van der Waals surface area contributed by atoms with Gasteiger partial charge in [0.1, 0.15) is 0 Å². The molecule has 7 heteroatoms. The Morgan fingerprint density at radius 3 is 2.35 bits per heavy atom. The van der Waals surface area contributed by atoms with E-state index in [2.05, 4.69) is 5.32 Å². The van der Waals surface area contributed by atoms with Gasteiger partial charge in [0, 0.05) is 7.11 Å². The first-order chi connectivity index (χ1) is 9.31. The van der Waals surface area contributed by atoms with Gasteiger partial charge < -0.3 is 4.74 Å². The molecule has 1 aliphatic heterocycles. The number of halogens is 3. The predicted octanol–water partition coefficient (Wildman–Crippen LogP) is 1.73. The maximum Gasteiger partial charge on any atom is 0.401 e. The van der Waals surface area contributed by atoms with Crippen molar-refractivity contribution < 1.29 is 17.9 Å². The van der Waals surface area contributed by atoms with Gasteiger partial charge in [0.25, 0.3) is 0 Å². The quantitative estimate of drug-likeness (QED) is 0.724. The molecule has 0 aliphatic carbocycles. The van der Waals surface area contributed by atoms with Crippen molar-refractivity contribution in [1.82, 2.24) is 15.1 Å². The lowest BCUT2D eigenvalue weighted by molar-refractivity contribution is -0.148. The highest BCUT2D eigenvalue weighted by atomic mass is 19.4.